The number of carboxylic acid groups (broad SMARTS) is 1. The van der Waals surface area contributed by atoms with Crippen LogP contribution < -0.4 is 5.32 Å². The van der Waals surface area contributed by atoms with Crippen molar-refractivity contribution in [3.8, 4) is 0 Å². The lowest BCUT2D eigenvalue weighted by Gasteiger charge is -2.22. The Kier molecular flexibility index (Phi) is 5.25. The first-order valence-corrected chi connectivity index (χ1v) is 5.91. The quantitative estimate of drug-likeness (QED) is 0.467. The Labute approximate surface area is 117 Å². The van der Waals surface area contributed by atoms with Gasteiger partial charge in [-0.2, -0.15) is 4.99 Å². The van der Waals surface area contributed by atoms with E-state index in [-0.39, 0.29) is 11.1 Å². The van der Waals surface area contributed by atoms with Gasteiger partial charge in [-0.1, -0.05) is 18.2 Å². The molecule has 0 aliphatic carbocycles. The number of para-hydroxylation sites is 1. The summed E-state index contributed by atoms with van der Waals surface area (Å²) in [6.45, 7) is 0. The van der Waals surface area contributed by atoms with E-state index in [0.29, 0.717) is 0 Å². The molecule has 0 saturated heterocycles. The predicted octanol–water partition coefficient (Wildman–Crippen LogP) is 1.91. The van der Waals surface area contributed by atoms with Crippen molar-refractivity contribution in [2.24, 2.45) is 4.99 Å². The third-order valence-corrected chi connectivity index (χ3v) is 2.41. The lowest BCUT2D eigenvalue weighted by Crippen LogP contribution is -2.41. The summed E-state index contributed by atoms with van der Waals surface area (Å²) >= 11 is 5.09. The second kappa shape index (κ2) is 6.69. The molecule has 0 bridgehead atoms. The maximum absolute atomic E-state index is 10.9. The molecule has 0 fully saturated rings. The third-order valence-electron chi connectivity index (χ3n) is 2.21. The summed E-state index contributed by atoms with van der Waals surface area (Å²) in [5, 5.41) is 12.1. The van der Waals surface area contributed by atoms with Gasteiger partial charge in [0.25, 0.3) is 0 Å². The van der Waals surface area contributed by atoms with Crippen LogP contribution >= 0.6 is 12.2 Å². The van der Waals surface area contributed by atoms with E-state index >= 15 is 0 Å². The zero-order valence-corrected chi connectivity index (χ0v) is 11.8. The number of thiocarbonyl (C=S) groups is 1. The van der Waals surface area contributed by atoms with Gasteiger partial charge >= 0.3 is 6.09 Å². The SMILES string of the molecule is CN(C)C(=NC(=S)Nc1ccccc1)N(C)C(=O)O. The largest absolute Gasteiger partial charge is 0.465 e. The molecular weight excluding hydrogens is 264 g/mol. The number of rotatable bonds is 1. The first kappa shape index (κ1) is 14.9. The van der Waals surface area contributed by atoms with Gasteiger partial charge in [-0.05, 0) is 24.4 Å². The fourth-order valence-electron chi connectivity index (χ4n) is 1.32. The van der Waals surface area contributed by atoms with Crippen molar-refractivity contribution in [2.45, 2.75) is 0 Å². The summed E-state index contributed by atoms with van der Waals surface area (Å²) in [6, 6.07) is 9.31. The number of amides is 1. The minimum Gasteiger partial charge on any atom is -0.465 e. The second-order valence-electron chi connectivity index (χ2n) is 3.94. The minimum absolute atomic E-state index is 0.197. The van der Waals surface area contributed by atoms with Crippen LogP contribution in [0.3, 0.4) is 0 Å². The first-order chi connectivity index (χ1) is 8.91. The van der Waals surface area contributed by atoms with Crippen molar-refractivity contribution < 1.29 is 9.90 Å². The highest BCUT2D eigenvalue weighted by Crippen LogP contribution is 2.06. The number of anilines is 1. The molecule has 2 N–H and O–H groups in total. The molecule has 1 aromatic carbocycles. The minimum atomic E-state index is -1.10. The van der Waals surface area contributed by atoms with E-state index in [1.54, 1.807) is 19.0 Å². The van der Waals surface area contributed by atoms with E-state index in [2.05, 4.69) is 10.3 Å². The van der Waals surface area contributed by atoms with Crippen LogP contribution in [0.2, 0.25) is 0 Å². The first-order valence-electron chi connectivity index (χ1n) is 5.50. The summed E-state index contributed by atoms with van der Waals surface area (Å²) in [5.74, 6) is 0.237. The molecule has 6 nitrogen and oxygen atoms in total. The van der Waals surface area contributed by atoms with Crippen molar-refractivity contribution in [1.82, 2.24) is 9.80 Å². The standard InChI is InChI=1S/C12H16N4O2S/c1-15(2)11(16(3)12(17)18)14-10(19)13-9-7-5-4-6-8-9/h4-8H,1-3H3,(H,13,19)(H,17,18). The van der Waals surface area contributed by atoms with Gasteiger partial charge in [0.05, 0.1) is 0 Å². The summed E-state index contributed by atoms with van der Waals surface area (Å²) in [4.78, 5) is 17.6. The number of nitrogens with one attached hydrogen (secondary N) is 1. The van der Waals surface area contributed by atoms with Gasteiger partial charge in [-0.25, -0.2) is 4.79 Å². The van der Waals surface area contributed by atoms with Crippen LogP contribution in [0.4, 0.5) is 10.5 Å². The molecule has 102 valence electrons. The van der Waals surface area contributed by atoms with E-state index in [0.717, 1.165) is 10.6 Å². The van der Waals surface area contributed by atoms with E-state index < -0.39 is 6.09 Å². The van der Waals surface area contributed by atoms with Crippen LogP contribution in [0.5, 0.6) is 0 Å². The fourth-order valence-corrected chi connectivity index (χ4v) is 1.52. The molecule has 0 aromatic heterocycles. The molecule has 1 aromatic rings. The highest BCUT2D eigenvalue weighted by atomic mass is 32.1. The molecule has 0 aliphatic heterocycles. The van der Waals surface area contributed by atoms with Crippen molar-refractivity contribution in [3.63, 3.8) is 0 Å². The van der Waals surface area contributed by atoms with E-state index in [9.17, 15) is 4.79 Å². The van der Waals surface area contributed by atoms with Crippen molar-refractivity contribution in [3.05, 3.63) is 30.3 Å². The molecule has 19 heavy (non-hydrogen) atoms. The summed E-state index contributed by atoms with van der Waals surface area (Å²) < 4.78 is 0. The number of hydrogen-bond acceptors (Lipinski definition) is 2. The maximum Gasteiger partial charge on any atom is 0.413 e. The highest BCUT2D eigenvalue weighted by molar-refractivity contribution is 7.80. The van der Waals surface area contributed by atoms with Crippen LogP contribution in [0, 0.1) is 0 Å². The number of carbonyl (C=O) groups is 1. The zero-order chi connectivity index (χ0) is 14.4. The number of guanidine groups is 1. The van der Waals surface area contributed by atoms with E-state index in [1.165, 1.54) is 7.05 Å². The Balaban J connectivity index is 2.85. The van der Waals surface area contributed by atoms with E-state index in [4.69, 9.17) is 17.3 Å². The lowest BCUT2D eigenvalue weighted by molar-refractivity contribution is 0.172. The molecule has 0 atom stereocenters. The molecule has 0 saturated carbocycles. The normalized spacial score (nSPS) is 10.8. The molecule has 0 heterocycles. The second-order valence-corrected chi connectivity index (χ2v) is 4.33. The number of hydrogen-bond donors (Lipinski definition) is 2. The van der Waals surface area contributed by atoms with Gasteiger partial charge in [0, 0.05) is 26.8 Å². The summed E-state index contributed by atoms with van der Waals surface area (Å²) in [5.41, 5.74) is 0.798. The number of benzene rings is 1. The van der Waals surface area contributed by atoms with E-state index in [1.807, 2.05) is 30.3 Å². The Bertz CT molecular complexity index is 488. The molecular formula is C12H16N4O2S. The Morgan fingerprint density at radius 1 is 1.26 bits per heavy atom. The van der Waals surface area contributed by atoms with Gasteiger partial charge in [0.15, 0.2) is 0 Å². The molecule has 0 spiro atoms. The maximum atomic E-state index is 10.9. The van der Waals surface area contributed by atoms with Crippen LogP contribution in [-0.4, -0.2) is 53.2 Å². The summed E-state index contributed by atoms with van der Waals surface area (Å²) in [6.07, 6.45) is -1.10. The van der Waals surface area contributed by atoms with Gasteiger partial charge < -0.3 is 15.3 Å². The topological polar surface area (TPSA) is 68.2 Å². The van der Waals surface area contributed by atoms with Crippen LogP contribution in [0.25, 0.3) is 0 Å². The van der Waals surface area contributed by atoms with Gasteiger partial charge in [-0.3, -0.25) is 4.90 Å². The lowest BCUT2D eigenvalue weighted by atomic mass is 10.3. The van der Waals surface area contributed by atoms with Crippen molar-refractivity contribution >= 4 is 35.1 Å². The van der Waals surface area contributed by atoms with Crippen LogP contribution in [0.15, 0.2) is 35.3 Å². The predicted molar refractivity (Wildman–Crippen MR) is 79.6 cm³/mol. The average molecular weight is 280 g/mol. The number of nitrogens with zero attached hydrogens (tertiary/aromatic N) is 3. The van der Waals surface area contributed by atoms with Crippen molar-refractivity contribution in [2.75, 3.05) is 26.5 Å². The number of aliphatic imine (C=N–C) groups is 1. The summed E-state index contributed by atoms with van der Waals surface area (Å²) in [7, 11) is 4.80. The smallest absolute Gasteiger partial charge is 0.413 e. The Hall–Kier alpha value is -2.15. The van der Waals surface area contributed by atoms with Crippen LogP contribution in [0.1, 0.15) is 0 Å². The molecule has 0 aliphatic rings. The average Bonchev–Trinajstić information content (AvgIpc) is 2.36. The fraction of sp³-hybridized carbons (Fsp3) is 0.250. The van der Waals surface area contributed by atoms with Gasteiger partial charge in [0.1, 0.15) is 0 Å². The molecule has 7 heteroatoms. The molecule has 0 unspecified atom stereocenters. The third kappa shape index (κ3) is 4.55. The zero-order valence-electron chi connectivity index (χ0n) is 11.0. The van der Waals surface area contributed by atoms with Crippen molar-refractivity contribution in [1.29, 1.82) is 0 Å². The highest BCUT2D eigenvalue weighted by Gasteiger charge is 2.16. The monoisotopic (exact) mass is 280 g/mol. The molecule has 1 rings (SSSR count). The molecule has 0 radical (unpaired) electrons. The van der Waals surface area contributed by atoms with Gasteiger partial charge in [-0.15, -0.1) is 0 Å². The molecule has 1 amide bonds. The Morgan fingerprint density at radius 2 is 1.84 bits per heavy atom. The Morgan fingerprint density at radius 3 is 2.32 bits per heavy atom. The van der Waals surface area contributed by atoms with Crippen LogP contribution in [-0.2, 0) is 0 Å². The van der Waals surface area contributed by atoms with Gasteiger partial charge in [0.2, 0.25) is 11.1 Å².